The second kappa shape index (κ2) is 5.57. The number of nitrogens with two attached hydrogens (primary N) is 1. The van der Waals surface area contributed by atoms with Crippen molar-refractivity contribution >= 4 is 23.4 Å². The first-order valence-electron chi connectivity index (χ1n) is 6.23. The van der Waals surface area contributed by atoms with Crippen LogP contribution in [-0.2, 0) is 0 Å². The van der Waals surface area contributed by atoms with Crippen LogP contribution < -0.4 is 11.3 Å². The topological polar surface area (TPSA) is 58.4 Å². The van der Waals surface area contributed by atoms with Gasteiger partial charge in [-0.2, -0.15) is 11.8 Å². The molecule has 1 heterocycles. The number of anilines is 1. The highest BCUT2D eigenvalue weighted by atomic mass is 32.2. The predicted molar refractivity (Wildman–Crippen MR) is 76.6 cm³/mol. The third kappa shape index (κ3) is 3.04. The Labute approximate surface area is 120 Å². The van der Waals surface area contributed by atoms with Gasteiger partial charge in [-0.3, -0.25) is 10.6 Å². The van der Waals surface area contributed by atoms with Crippen LogP contribution >= 0.6 is 11.8 Å². The lowest BCUT2D eigenvalue weighted by molar-refractivity contribution is 0.0747. The van der Waals surface area contributed by atoms with Gasteiger partial charge < -0.3 is 10.3 Å². The van der Waals surface area contributed by atoms with Crippen molar-refractivity contribution in [1.82, 2.24) is 4.90 Å². The maximum atomic E-state index is 13.6. The molecular weight excluding hydrogens is 284 g/mol. The van der Waals surface area contributed by atoms with Gasteiger partial charge in [-0.25, -0.2) is 8.78 Å². The number of thioether (sulfide) groups is 1. The van der Waals surface area contributed by atoms with Gasteiger partial charge in [0.05, 0.1) is 0 Å². The molecule has 1 aliphatic heterocycles. The molecule has 1 fully saturated rings. The van der Waals surface area contributed by atoms with Gasteiger partial charge >= 0.3 is 0 Å². The molecule has 0 unspecified atom stereocenters. The average Bonchev–Trinajstić information content (AvgIpc) is 2.36. The average molecular weight is 301 g/mol. The van der Waals surface area contributed by atoms with E-state index < -0.39 is 17.3 Å². The Bertz CT molecular complexity index is 513. The highest BCUT2D eigenvalue weighted by Crippen LogP contribution is 2.30. The summed E-state index contributed by atoms with van der Waals surface area (Å²) >= 11 is 1.78. The summed E-state index contributed by atoms with van der Waals surface area (Å²) in [5.41, 5.74) is 1.51. The second-order valence-electron chi connectivity index (χ2n) is 5.29. The van der Waals surface area contributed by atoms with Gasteiger partial charge in [0, 0.05) is 29.2 Å². The summed E-state index contributed by atoms with van der Waals surface area (Å²) in [6.07, 6.45) is 0. The molecule has 0 atom stereocenters. The standard InChI is InChI=1S/C13H17F2N3OS/c1-13(2)7-18(3-4-20-13)12(19)8-5-9(14)11(17-16)10(15)6-8/h5-6,17H,3-4,7,16H2,1-2H3. The highest BCUT2D eigenvalue weighted by molar-refractivity contribution is 8.00. The van der Waals surface area contributed by atoms with Gasteiger partial charge in [-0.05, 0) is 26.0 Å². The Hall–Kier alpha value is -1.34. The number of amides is 1. The van der Waals surface area contributed by atoms with Crippen molar-refractivity contribution < 1.29 is 13.6 Å². The Balaban J connectivity index is 2.25. The minimum absolute atomic E-state index is 0.00157. The van der Waals surface area contributed by atoms with Crippen LogP contribution in [0.4, 0.5) is 14.5 Å². The van der Waals surface area contributed by atoms with Crippen LogP contribution in [0.3, 0.4) is 0 Å². The van der Waals surface area contributed by atoms with Crippen LogP contribution in [0.15, 0.2) is 12.1 Å². The molecule has 0 radical (unpaired) electrons. The second-order valence-corrected chi connectivity index (χ2v) is 7.10. The normalized spacial score (nSPS) is 17.9. The molecule has 7 heteroatoms. The van der Waals surface area contributed by atoms with E-state index in [2.05, 4.69) is 0 Å². The van der Waals surface area contributed by atoms with E-state index in [4.69, 9.17) is 5.84 Å². The minimum Gasteiger partial charge on any atom is -0.336 e. The summed E-state index contributed by atoms with van der Waals surface area (Å²) in [6.45, 7) is 5.21. The number of nitrogens with zero attached hydrogens (tertiary/aromatic N) is 1. The molecule has 0 spiro atoms. The zero-order valence-electron chi connectivity index (χ0n) is 11.4. The van der Waals surface area contributed by atoms with Crippen molar-refractivity contribution in [3.05, 3.63) is 29.3 Å². The number of carbonyl (C=O) groups excluding carboxylic acids is 1. The number of hydrogen-bond donors (Lipinski definition) is 2. The van der Waals surface area contributed by atoms with E-state index in [9.17, 15) is 13.6 Å². The van der Waals surface area contributed by atoms with E-state index in [-0.39, 0.29) is 16.2 Å². The van der Waals surface area contributed by atoms with E-state index in [0.717, 1.165) is 17.9 Å². The molecule has 1 aromatic rings. The molecule has 0 saturated carbocycles. The molecule has 0 aromatic heterocycles. The van der Waals surface area contributed by atoms with Crippen LogP contribution in [0.2, 0.25) is 0 Å². The van der Waals surface area contributed by atoms with Gasteiger partial charge in [0.1, 0.15) is 5.69 Å². The van der Waals surface area contributed by atoms with E-state index in [1.165, 1.54) is 0 Å². The molecule has 110 valence electrons. The van der Waals surface area contributed by atoms with Crippen LogP contribution in [0.5, 0.6) is 0 Å². The van der Waals surface area contributed by atoms with Gasteiger partial charge in [-0.1, -0.05) is 0 Å². The van der Waals surface area contributed by atoms with Gasteiger partial charge in [0.15, 0.2) is 11.6 Å². The number of rotatable bonds is 2. The predicted octanol–water partition coefficient (Wildman–Crippen LogP) is 2.22. The van der Waals surface area contributed by atoms with Gasteiger partial charge in [0.2, 0.25) is 0 Å². The fourth-order valence-corrected chi connectivity index (χ4v) is 3.32. The van der Waals surface area contributed by atoms with Gasteiger partial charge in [-0.15, -0.1) is 0 Å². The lowest BCUT2D eigenvalue weighted by Gasteiger charge is -2.37. The van der Waals surface area contributed by atoms with Crippen LogP contribution in [0.25, 0.3) is 0 Å². The molecule has 0 aliphatic carbocycles. The smallest absolute Gasteiger partial charge is 0.254 e. The summed E-state index contributed by atoms with van der Waals surface area (Å²) in [5.74, 6) is 3.73. The number of nitrogen functional groups attached to an aromatic ring is 1. The number of nitrogens with one attached hydrogen (secondary N) is 1. The Morgan fingerprint density at radius 2 is 2.00 bits per heavy atom. The maximum Gasteiger partial charge on any atom is 0.254 e. The fourth-order valence-electron chi connectivity index (χ4n) is 2.21. The third-order valence-corrected chi connectivity index (χ3v) is 4.44. The molecular formula is C13H17F2N3OS. The quantitative estimate of drug-likeness (QED) is 0.649. The Kier molecular flexibility index (Phi) is 4.19. The third-order valence-electron chi connectivity index (χ3n) is 3.15. The van der Waals surface area contributed by atoms with Crippen LogP contribution in [0, 0.1) is 11.6 Å². The first-order chi connectivity index (χ1) is 9.34. The minimum atomic E-state index is -0.874. The summed E-state index contributed by atoms with van der Waals surface area (Å²) in [6, 6.07) is 2.02. The van der Waals surface area contributed by atoms with Crippen LogP contribution in [0.1, 0.15) is 24.2 Å². The number of hydrazine groups is 1. The number of carbonyl (C=O) groups is 1. The molecule has 1 aliphatic rings. The first-order valence-corrected chi connectivity index (χ1v) is 7.21. The zero-order valence-corrected chi connectivity index (χ0v) is 12.2. The van der Waals surface area contributed by atoms with E-state index in [1.807, 2.05) is 19.3 Å². The van der Waals surface area contributed by atoms with Crippen molar-refractivity contribution in [1.29, 1.82) is 0 Å². The van der Waals surface area contributed by atoms with E-state index in [0.29, 0.717) is 13.1 Å². The molecule has 1 saturated heterocycles. The molecule has 3 N–H and O–H groups in total. The number of halogens is 2. The van der Waals surface area contributed by atoms with Crippen molar-refractivity contribution in [2.24, 2.45) is 5.84 Å². The van der Waals surface area contributed by atoms with Gasteiger partial charge in [0.25, 0.3) is 5.91 Å². The lowest BCUT2D eigenvalue weighted by atomic mass is 10.1. The Morgan fingerprint density at radius 1 is 1.40 bits per heavy atom. The molecule has 1 aromatic carbocycles. The van der Waals surface area contributed by atoms with Crippen molar-refractivity contribution in [2.45, 2.75) is 18.6 Å². The number of hydrogen-bond acceptors (Lipinski definition) is 4. The maximum absolute atomic E-state index is 13.6. The zero-order chi connectivity index (χ0) is 14.9. The molecule has 0 bridgehead atoms. The van der Waals surface area contributed by atoms with E-state index in [1.54, 1.807) is 16.7 Å². The SMILES string of the molecule is CC1(C)CN(C(=O)c2cc(F)c(NN)c(F)c2)CCS1. The summed E-state index contributed by atoms with van der Waals surface area (Å²) < 4.78 is 27.2. The molecule has 1 amide bonds. The molecule has 20 heavy (non-hydrogen) atoms. The first kappa shape index (κ1) is 15.1. The fraction of sp³-hybridized carbons (Fsp3) is 0.462. The van der Waals surface area contributed by atoms with Crippen molar-refractivity contribution in [3.8, 4) is 0 Å². The Morgan fingerprint density at radius 3 is 2.50 bits per heavy atom. The van der Waals surface area contributed by atoms with Crippen molar-refractivity contribution in [3.63, 3.8) is 0 Å². The summed E-state index contributed by atoms with van der Waals surface area (Å²) in [7, 11) is 0. The van der Waals surface area contributed by atoms with Crippen molar-refractivity contribution in [2.75, 3.05) is 24.3 Å². The largest absolute Gasteiger partial charge is 0.336 e. The molecule has 2 rings (SSSR count). The molecule has 4 nitrogen and oxygen atoms in total. The monoisotopic (exact) mass is 301 g/mol. The summed E-state index contributed by atoms with van der Waals surface area (Å²) in [5, 5.41) is 0. The van der Waals surface area contributed by atoms with Crippen LogP contribution in [-0.4, -0.2) is 34.4 Å². The summed E-state index contributed by atoms with van der Waals surface area (Å²) in [4.78, 5) is 13.9. The number of benzene rings is 1. The highest BCUT2D eigenvalue weighted by Gasteiger charge is 2.30. The lowest BCUT2D eigenvalue weighted by Crippen LogP contribution is -2.46. The van der Waals surface area contributed by atoms with E-state index >= 15 is 0 Å².